The van der Waals surface area contributed by atoms with Crippen molar-refractivity contribution in [3.63, 3.8) is 0 Å². The average molecular weight is 287 g/mol. The first-order valence-electron chi connectivity index (χ1n) is 4.74. The van der Waals surface area contributed by atoms with Crippen LogP contribution in [0.5, 0.6) is 0 Å². The molecule has 2 rings (SSSR count). The first kappa shape index (κ1) is 9.46. The molecule has 0 aromatic heterocycles. The molecule has 1 aromatic rings. The summed E-state index contributed by atoms with van der Waals surface area (Å²) >= 11 is 2.39. The maximum atomic E-state index is 3.42. The molecule has 1 aromatic carbocycles. The standard InChI is InChI=1S/C11H14IN/c1-8-2-3-10(12)6-11(8)9-4-5-13-7-9/h2-3,6,9,13H,4-5,7H2,1H3. The van der Waals surface area contributed by atoms with E-state index in [0.717, 1.165) is 12.5 Å². The highest BCUT2D eigenvalue weighted by Gasteiger charge is 2.18. The van der Waals surface area contributed by atoms with Crippen molar-refractivity contribution in [1.82, 2.24) is 5.32 Å². The summed E-state index contributed by atoms with van der Waals surface area (Å²) in [4.78, 5) is 0. The van der Waals surface area contributed by atoms with Gasteiger partial charge in [0.1, 0.15) is 0 Å². The van der Waals surface area contributed by atoms with E-state index in [0.29, 0.717) is 0 Å². The van der Waals surface area contributed by atoms with Crippen molar-refractivity contribution in [1.29, 1.82) is 0 Å². The van der Waals surface area contributed by atoms with Crippen molar-refractivity contribution in [3.05, 3.63) is 32.9 Å². The van der Waals surface area contributed by atoms with E-state index < -0.39 is 0 Å². The Kier molecular flexibility index (Phi) is 2.89. The third-order valence-electron chi connectivity index (χ3n) is 2.74. The molecule has 70 valence electrons. The fourth-order valence-corrected chi connectivity index (χ4v) is 2.49. The predicted octanol–water partition coefficient (Wildman–Crippen LogP) is 2.68. The molecule has 0 radical (unpaired) electrons. The maximum absolute atomic E-state index is 3.42. The number of benzene rings is 1. The summed E-state index contributed by atoms with van der Waals surface area (Å²) in [7, 11) is 0. The molecule has 0 spiro atoms. The number of nitrogens with one attached hydrogen (secondary N) is 1. The zero-order chi connectivity index (χ0) is 9.26. The first-order valence-corrected chi connectivity index (χ1v) is 5.82. The third-order valence-corrected chi connectivity index (χ3v) is 3.41. The van der Waals surface area contributed by atoms with Crippen LogP contribution in [0.25, 0.3) is 0 Å². The van der Waals surface area contributed by atoms with E-state index in [1.165, 1.54) is 27.7 Å². The van der Waals surface area contributed by atoms with Crippen LogP contribution >= 0.6 is 22.6 Å². The minimum Gasteiger partial charge on any atom is -0.316 e. The predicted molar refractivity (Wildman–Crippen MR) is 64.1 cm³/mol. The van der Waals surface area contributed by atoms with Crippen LogP contribution in [0.15, 0.2) is 18.2 Å². The van der Waals surface area contributed by atoms with Gasteiger partial charge in [-0.1, -0.05) is 6.07 Å². The molecule has 1 fully saturated rings. The summed E-state index contributed by atoms with van der Waals surface area (Å²) in [6, 6.07) is 6.74. The van der Waals surface area contributed by atoms with Gasteiger partial charge >= 0.3 is 0 Å². The van der Waals surface area contributed by atoms with Crippen molar-refractivity contribution in [3.8, 4) is 0 Å². The third kappa shape index (κ3) is 2.05. The van der Waals surface area contributed by atoms with Crippen LogP contribution in [0.3, 0.4) is 0 Å². The lowest BCUT2D eigenvalue weighted by atomic mass is 9.94. The van der Waals surface area contributed by atoms with Gasteiger partial charge in [0.2, 0.25) is 0 Å². The van der Waals surface area contributed by atoms with Crippen molar-refractivity contribution in [2.75, 3.05) is 13.1 Å². The molecule has 1 aliphatic heterocycles. The molecule has 1 saturated heterocycles. The zero-order valence-corrected chi connectivity index (χ0v) is 9.97. The van der Waals surface area contributed by atoms with Gasteiger partial charge in [0.15, 0.2) is 0 Å². The molecule has 2 heteroatoms. The molecular formula is C11H14IN. The Balaban J connectivity index is 2.32. The van der Waals surface area contributed by atoms with Crippen LogP contribution in [0.1, 0.15) is 23.5 Å². The molecule has 1 aliphatic rings. The lowest BCUT2D eigenvalue weighted by Crippen LogP contribution is -2.08. The second kappa shape index (κ2) is 3.96. The molecule has 13 heavy (non-hydrogen) atoms. The van der Waals surface area contributed by atoms with Crippen LogP contribution < -0.4 is 5.32 Å². The number of halogens is 1. The molecule has 1 atom stereocenters. The van der Waals surface area contributed by atoms with E-state index in [-0.39, 0.29) is 0 Å². The number of hydrogen-bond acceptors (Lipinski definition) is 1. The van der Waals surface area contributed by atoms with Gasteiger partial charge in [-0.2, -0.15) is 0 Å². The van der Waals surface area contributed by atoms with E-state index in [9.17, 15) is 0 Å². The molecule has 1 N–H and O–H groups in total. The highest BCUT2D eigenvalue weighted by molar-refractivity contribution is 14.1. The Bertz CT molecular complexity index is 303. The smallest absolute Gasteiger partial charge is 0.0133 e. The molecule has 0 aliphatic carbocycles. The number of aryl methyl sites for hydroxylation is 1. The van der Waals surface area contributed by atoms with Gasteiger partial charge < -0.3 is 5.32 Å². The second-order valence-electron chi connectivity index (χ2n) is 3.69. The Labute approximate surface area is 93.1 Å². The lowest BCUT2D eigenvalue weighted by Gasteiger charge is -2.12. The van der Waals surface area contributed by atoms with Gasteiger partial charge in [-0.3, -0.25) is 0 Å². The Morgan fingerprint density at radius 2 is 2.31 bits per heavy atom. The fraction of sp³-hybridized carbons (Fsp3) is 0.455. The zero-order valence-electron chi connectivity index (χ0n) is 7.81. The van der Waals surface area contributed by atoms with Crippen molar-refractivity contribution in [2.24, 2.45) is 0 Å². The monoisotopic (exact) mass is 287 g/mol. The largest absolute Gasteiger partial charge is 0.316 e. The van der Waals surface area contributed by atoms with E-state index in [4.69, 9.17) is 0 Å². The Morgan fingerprint density at radius 1 is 1.46 bits per heavy atom. The van der Waals surface area contributed by atoms with Crippen LogP contribution in [0.2, 0.25) is 0 Å². The normalized spacial score (nSPS) is 22.2. The minimum atomic E-state index is 0.745. The van der Waals surface area contributed by atoms with E-state index in [1.54, 1.807) is 0 Å². The van der Waals surface area contributed by atoms with Crippen LogP contribution in [-0.2, 0) is 0 Å². The maximum Gasteiger partial charge on any atom is 0.0133 e. The average Bonchev–Trinajstić information content (AvgIpc) is 2.61. The highest BCUT2D eigenvalue weighted by atomic mass is 127. The Hall–Kier alpha value is -0.0900. The summed E-state index contributed by atoms with van der Waals surface area (Å²) < 4.78 is 1.35. The highest BCUT2D eigenvalue weighted by Crippen LogP contribution is 2.26. The van der Waals surface area contributed by atoms with Crippen molar-refractivity contribution < 1.29 is 0 Å². The fourth-order valence-electron chi connectivity index (χ4n) is 1.97. The topological polar surface area (TPSA) is 12.0 Å². The summed E-state index contributed by atoms with van der Waals surface area (Å²) in [5, 5.41) is 3.42. The van der Waals surface area contributed by atoms with Crippen LogP contribution in [-0.4, -0.2) is 13.1 Å². The molecule has 1 heterocycles. The van der Waals surface area contributed by atoms with E-state index in [1.807, 2.05) is 0 Å². The van der Waals surface area contributed by atoms with Crippen molar-refractivity contribution in [2.45, 2.75) is 19.3 Å². The van der Waals surface area contributed by atoms with Gasteiger partial charge in [0, 0.05) is 10.1 Å². The second-order valence-corrected chi connectivity index (χ2v) is 4.94. The summed E-state index contributed by atoms with van der Waals surface area (Å²) in [5.74, 6) is 0.745. The summed E-state index contributed by atoms with van der Waals surface area (Å²) in [6.45, 7) is 4.54. The van der Waals surface area contributed by atoms with Gasteiger partial charge in [-0.15, -0.1) is 0 Å². The minimum absolute atomic E-state index is 0.745. The molecule has 1 unspecified atom stereocenters. The lowest BCUT2D eigenvalue weighted by molar-refractivity contribution is 0.757. The van der Waals surface area contributed by atoms with Gasteiger partial charge in [0.25, 0.3) is 0 Å². The number of hydrogen-bond donors (Lipinski definition) is 1. The summed E-state index contributed by atoms with van der Waals surface area (Å²) in [5.41, 5.74) is 2.98. The van der Waals surface area contributed by atoms with E-state index >= 15 is 0 Å². The first-order chi connectivity index (χ1) is 6.27. The van der Waals surface area contributed by atoms with Gasteiger partial charge in [-0.05, 0) is 71.7 Å². The van der Waals surface area contributed by atoms with Gasteiger partial charge in [-0.25, -0.2) is 0 Å². The van der Waals surface area contributed by atoms with Crippen molar-refractivity contribution >= 4 is 22.6 Å². The van der Waals surface area contributed by atoms with Crippen LogP contribution in [0, 0.1) is 10.5 Å². The molecule has 0 saturated carbocycles. The van der Waals surface area contributed by atoms with E-state index in [2.05, 4.69) is 53.0 Å². The SMILES string of the molecule is Cc1ccc(I)cc1C1CCNC1. The molecular weight excluding hydrogens is 273 g/mol. The molecule has 0 amide bonds. The quantitative estimate of drug-likeness (QED) is 0.783. The summed E-state index contributed by atoms with van der Waals surface area (Å²) in [6.07, 6.45) is 1.29. The molecule has 1 nitrogen and oxygen atoms in total. The molecule has 0 bridgehead atoms. The number of rotatable bonds is 1. The van der Waals surface area contributed by atoms with Crippen LogP contribution in [0.4, 0.5) is 0 Å². The Morgan fingerprint density at radius 3 is 3.00 bits per heavy atom. The van der Waals surface area contributed by atoms with Gasteiger partial charge in [0.05, 0.1) is 0 Å².